The third kappa shape index (κ3) is 5.19. The van der Waals surface area contributed by atoms with E-state index in [4.69, 9.17) is 4.74 Å². The molecular formula is C30H26F3N7O2. The van der Waals surface area contributed by atoms with Gasteiger partial charge in [-0.25, -0.2) is 4.98 Å². The second-order valence-electron chi connectivity index (χ2n) is 10.3. The number of hydrogen-bond acceptors (Lipinski definition) is 7. The van der Waals surface area contributed by atoms with Crippen molar-refractivity contribution in [3.8, 4) is 28.6 Å². The second-order valence-corrected chi connectivity index (χ2v) is 10.3. The van der Waals surface area contributed by atoms with Gasteiger partial charge in [-0.1, -0.05) is 6.07 Å². The number of nitrogens with one attached hydrogen (secondary N) is 1. The molecule has 0 saturated heterocycles. The summed E-state index contributed by atoms with van der Waals surface area (Å²) in [6.45, 7) is 2.14. The van der Waals surface area contributed by atoms with Crippen LogP contribution in [0.3, 0.4) is 0 Å². The molecule has 42 heavy (non-hydrogen) atoms. The average molecular weight is 574 g/mol. The number of fused-ring (bicyclic) bond motifs is 1. The summed E-state index contributed by atoms with van der Waals surface area (Å²) in [5.41, 5.74) is 1.75. The molecule has 0 radical (unpaired) electrons. The van der Waals surface area contributed by atoms with Crippen LogP contribution in [0.4, 0.5) is 24.8 Å². The maximum Gasteiger partial charge on any atom is 0.416 e. The van der Waals surface area contributed by atoms with Crippen LogP contribution in [0.15, 0.2) is 48.8 Å². The second kappa shape index (κ2) is 10.6. The molecule has 4 aromatic rings. The summed E-state index contributed by atoms with van der Waals surface area (Å²) in [4.78, 5) is 19.5. The number of aryl methyl sites for hydroxylation is 1. The Morgan fingerprint density at radius 2 is 1.93 bits per heavy atom. The van der Waals surface area contributed by atoms with E-state index in [0.29, 0.717) is 46.0 Å². The topological polar surface area (TPSA) is 109 Å². The van der Waals surface area contributed by atoms with E-state index in [1.165, 1.54) is 11.0 Å². The van der Waals surface area contributed by atoms with Crippen LogP contribution in [-0.4, -0.2) is 38.3 Å². The largest absolute Gasteiger partial charge is 0.416 e. The van der Waals surface area contributed by atoms with Crippen molar-refractivity contribution in [2.75, 3.05) is 16.8 Å². The van der Waals surface area contributed by atoms with Gasteiger partial charge in [-0.05, 0) is 78.4 Å². The van der Waals surface area contributed by atoms with E-state index in [0.717, 1.165) is 18.9 Å². The molecule has 3 heterocycles. The summed E-state index contributed by atoms with van der Waals surface area (Å²) in [5.74, 6) is 0.591. The quantitative estimate of drug-likeness (QED) is 0.288. The first kappa shape index (κ1) is 27.4. The molecule has 2 aromatic heterocycles. The van der Waals surface area contributed by atoms with Crippen LogP contribution in [0.25, 0.3) is 22.5 Å². The number of pyridine rings is 1. The van der Waals surface area contributed by atoms with Crippen LogP contribution in [0, 0.1) is 11.3 Å². The molecule has 0 unspecified atom stereocenters. The Labute approximate surface area is 239 Å². The van der Waals surface area contributed by atoms with E-state index in [2.05, 4.69) is 26.6 Å². The van der Waals surface area contributed by atoms with E-state index in [1.807, 2.05) is 6.92 Å². The smallest absolute Gasteiger partial charge is 0.374 e. The molecule has 214 valence electrons. The molecule has 9 nitrogen and oxygen atoms in total. The van der Waals surface area contributed by atoms with Gasteiger partial charge in [-0.3, -0.25) is 9.69 Å². The normalized spacial score (nSPS) is 14.7. The van der Waals surface area contributed by atoms with Gasteiger partial charge < -0.3 is 14.6 Å². The molecule has 0 bridgehead atoms. The van der Waals surface area contributed by atoms with Crippen molar-refractivity contribution in [1.29, 1.82) is 5.26 Å². The summed E-state index contributed by atoms with van der Waals surface area (Å²) >= 11 is 0. The zero-order valence-electron chi connectivity index (χ0n) is 22.9. The molecule has 1 aliphatic heterocycles. The van der Waals surface area contributed by atoms with Gasteiger partial charge in [0.2, 0.25) is 0 Å². The minimum absolute atomic E-state index is 0.00503. The SMILES string of the molecule is CCNc1cc(-c2ccc(C#N)cc2-c2nncn2C)cc(N2Cc3c(cc(COC4CC4)cc3C(F)(F)F)C2=O)n1. The number of benzene rings is 2. The number of nitriles is 1. The van der Waals surface area contributed by atoms with E-state index >= 15 is 0 Å². The monoisotopic (exact) mass is 573 g/mol. The van der Waals surface area contributed by atoms with Crippen molar-refractivity contribution in [3.05, 3.63) is 76.6 Å². The zero-order chi connectivity index (χ0) is 29.6. The fourth-order valence-corrected chi connectivity index (χ4v) is 5.10. The van der Waals surface area contributed by atoms with Gasteiger partial charge in [-0.15, -0.1) is 10.2 Å². The lowest BCUT2D eigenvalue weighted by Gasteiger charge is -2.19. The Morgan fingerprint density at radius 1 is 1.12 bits per heavy atom. The van der Waals surface area contributed by atoms with Crippen LogP contribution >= 0.6 is 0 Å². The number of hydrogen-bond donors (Lipinski definition) is 1. The number of amides is 1. The fraction of sp³-hybridized carbons (Fsp3) is 0.300. The molecule has 6 rings (SSSR count). The number of halogens is 3. The highest BCUT2D eigenvalue weighted by Gasteiger charge is 2.41. The highest BCUT2D eigenvalue weighted by molar-refractivity contribution is 6.10. The lowest BCUT2D eigenvalue weighted by Crippen LogP contribution is -2.24. The Hall–Kier alpha value is -4.76. The van der Waals surface area contributed by atoms with Crippen LogP contribution in [0.2, 0.25) is 0 Å². The molecule has 12 heteroatoms. The van der Waals surface area contributed by atoms with Crippen molar-refractivity contribution < 1.29 is 22.7 Å². The molecule has 2 aromatic carbocycles. The number of nitrogens with zero attached hydrogens (tertiary/aromatic N) is 6. The Kier molecular flexibility index (Phi) is 6.90. The Morgan fingerprint density at radius 3 is 2.60 bits per heavy atom. The number of aromatic nitrogens is 4. The number of ether oxygens (including phenoxy) is 1. The van der Waals surface area contributed by atoms with E-state index in [9.17, 15) is 23.2 Å². The number of carbonyl (C=O) groups is 1. The molecule has 1 fully saturated rings. The maximum absolute atomic E-state index is 14.2. The van der Waals surface area contributed by atoms with Crippen LogP contribution in [0.5, 0.6) is 0 Å². The van der Waals surface area contributed by atoms with E-state index in [-0.39, 0.29) is 36.2 Å². The van der Waals surface area contributed by atoms with Gasteiger partial charge in [-0.2, -0.15) is 18.4 Å². The third-order valence-electron chi connectivity index (χ3n) is 7.28. The van der Waals surface area contributed by atoms with Crippen LogP contribution in [0.1, 0.15) is 52.4 Å². The van der Waals surface area contributed by atoms with Crippen LogP contribution < -0.4 is 10.2 Å². The van der Waals surface area contributed by atoms with E-state index in [1.54, 1.807) is 48.3 Å². The molecule has 1 aliphatic carbocycles. The first-order valence-corrected chi connectivity index (χ1v) is 13.5. The Balaban J connectivity index is 1.44. The van der Waals surface area contributed by atoms with Gasteiger partial charge in [0.1, 0.15) is 18.0 Å². The number of alkyl halides is 3. The molecule has 2 aliphatic rings. The molecule has 1 amide bonds. The highest BCUT2D eigenvalue weighted by Crippen LogP contribution is 2.41. The summed E-state index contributed by atoms with van der Waals surface area (Å²) in [7, 11) is 1.78. The first-order valence-electron chi connectivity index (χ1n) is 13.5. The average Bonchev–Trinajstić information content (AvgIpc) is 3.61. The van der Waals surface area contributed by atoms with Crippen molar-refractivity contribution in [3.63, 3.8) is 0 Å². The van der Waals surface area contributed by atoms with Gasteiger partial charge in [0.15, 0.2) is 5.82 Å². The first-order chi connectivity index (χ1) is 20.2. The molecule has 0 spiro atoms. The minimum Gasteiger partial charge on any atom is -0.374 e. The lowest BCUT2D eigenvalue weighted by molar-refractivity contribution is -0.138. The highest BCUT2D eigenvalue weighted by atomic mass is 19.4. The predicted molar refractivity (Wildman–Crippen MR) is 148 cm³/mol. The number of carbonyl (C=O) groups excluding carboxylic acids is 1. The maximum atomic E-state index is 14.2. The molecule has 1 saturated carbocycles. The number of anilines is 2. The van der Waals surface area contributed by atoms with Gasteiger partial charge in [0.25, 0.3) is 5.91 Å². The van der Waals surface area contributed by atoms with Gasteiger partial charge in [0.05, 0.1) is 36.5 Å². The van der Waals surface area contributed by atoms with E-state index < -0.39 is 17.6 Å². The zero-order valence-corrected chi connectivity index (χ0v) is 22.9. The van der Waals surface area contributed by atoms with Crippen molar-refractivity contribution in [2.24, 2.45) is 7.05 Å². The van der Waals surface area contributed by atoms with Crippen molar-refractivity contribution in [2.45, 2.75) is 45.2 Å². The van der Waals surface area contributed by atoms with Crippen molar-refractivity contribution >= 4 is 17.5 Å². The lowest BCUT2D eigenvalue weighted by atomic mass is 9.97. The third-order valence-corrected chi connectivity index (χ3v) is 7.28. The number of rotatable bonds is 8. The van der Waals surface area contributed by atoms with Gasteiger partial charge >= 0.3 is 6.18 Å². The predicted octanol–water partition coefficient (Wildman–Crippen LogP) is 5.71. The fourth-order valence-electron chi connectivity index (χ4n) is 5.10. The summed E-state index contributed by atoms with van der Waals surface area (Å²) in [6, 6.07) is 13.3. The molecule has 0 atom stereocenters. The summed E-state index contributed by atoms with van der Waals surface area (Å²) in [6.07, 6.45) is -1.27. The van der Waals surface area contributed by atoms with Crippen molar-refractivity contribution in [1.82, 2.24) is 19.7 Å². The summed E-state index contributed by atoms with van der Waals surface area (Å²) < 4.78 is 49.9. The Bertz CT molecular complexity index is 1740. The standard InChI is InChI=1S/C30H26F3N7O2/c1-3-35-26-11-19(21-7-4-17(13-34)8-22(21)28-38-36-16-39(28)2)12-27(37-26)40-14-24-23(29(40)41)9-18(15-42-20-5-6-20)10-25(24)30(31,32)33/h4,7-12,16,20H,3,5-6,14-15H2,1-2H3,(H,35,37). The van der Waals surface area contributed by atoms with Crippen LogP contribution in [-0.2, 0) is 31.1 Å². The van der Waals surface area contributed by atoms with Gasteiger partial charge in [0, 0.05) is 24.7 Å². The molecular weight excluding hydrogens is 547 g/mol. The minimum atomic E-state index is -4.65. The summed E-state index contributed by atoms with van der Waals surface area (Å²) in [5, 5.41) is 20.8. The molecule has 1 N–H and O–H groups in total.